The molecule has 19 heavy (non-hydrogen) atoms. The Morgan fingerprint density at radius 2 is 2.26 bits per heavy atom. The van der Waals surface area contributed by atoms with E-state index in [1.807, 2.05) is 0 Å². The van der Waals surface area contributed by atoms with Crippen molar-refractivity contribution in [1.82, 2.24) is 15.2 Å². The van der Waals surface area contributed by atoms with E-state index >= 15 is 0 Å². The Labute approximate surface area is 113 Å². The van der Waals surface area contributed by atoms with Crippen molar-refractivity contribution >= 4 is 11.6 Å². The van der Waals surface area contributed by atoms with Gasteiger partial charge in [-0.1, -0.05) is 0 Å². The quantitative estimate of drug-likeness (QED) is 0.794. The van der Waals surface area contributed by atoms with E-state index in [-0.39, 0.29) is 5.91 Å². The highest BCUT2D eigenvalue weighted by molar-refractivity contribution is 5.99. The predicted molar refractivity (Wildman–Crippen MR) is 73.4 cm³/mol. The van der Waals surface area contributed by atoms with Crippen LogP contribution in [0.3, 0.4) is 0 Å². The van der Waals surface area contributed by atoms with E-state index in [2.05, 4.69) is 20.5 Å². The number of nitrogens with zero attached hydrogens (tertiary/aromatic N) is 2. The summed E-state index contributed by atoms with van der Waals surface area (Å²) in [6.45, 7) is 4.91. The summed E-state index contributed by atoms with van der Waals surface area (Å²) in [5.74, 6) is -0.0919. The van der Waals surface area contributed by atoms with Crippen LogP contribution in [-0.2, 0) is 4.74 Å². The fourth-order valence-electron chi connectivity index (χ4n) is 2.04. The average molecular weight is 264 g/mol. The summed E-state index contributed by atoms with van der Waals surface area (Å²) in [4.78, 5) is 18.3. The second kappa shape index (κ2) is 7.06. The Kier molecular flexibility index (Phi) is 5.11. The highest BCUT2D eigenvalue weighted by atomic mass is 16.5. The van der Waals surface area contributed by atoms with Crippen LogP contribution in [0.4, 0.5) is 5.69 Å². The fourth-order valence-corrected chi connectivity index (χ4v) is 2.04. The van der Waals surface area contributed by atoms with E-state index in [0.717, 1.165) is 38.5 Å². The number of anilines is 1. The number of aromatic nitrogens is 1. The third-order valence-electron chi connectivity index (χ3n) is 3.15. The molecule has 0 aliphatic carbocycles. The van der Waals surface area contributed by atoms with Gasteiger partial charge in [-0.25, -0.2) is 0 Å². The maximum Gasteiger partial charge on any atom is 0.254 e. The van der Waals surface area contributed by atoms with Gasteiger partial charge in [0.15, 0.2) is 0 Å². The molecule has 1 saturated heterocycles. The number of rotatable bonds is 5. The Morgan fingerprint density at radius 3 is 3.00 bits per heavy atom. The number of pyridine rings is 1. The third-order valence-corrected chi connectivity index (χ3v) is 3.15. The number of hydrogen-bond donors (Lipinski definition) is 2. The van der Waals surface area contributed by atoms with E-state index in [0.29, 0.717) is 12.1 Å². The molecule has 1 aromatic heterocycles. The number of carbonyl (C=O) groups excluding carboxylic acids is 1. The molecule has 1 aromatic rings. The molecule has 1 amide bonds. The molecule has 2 heterocycles. The lowest BCUT2D eigenvalue weighted by Crippen LogP contribution is -2.41. The van der Waals surface area contributed by atoms with Gasteiger partial charge in [0.25, 0.3) is 5.91 Å². The van der Waals surface area contributed by atoms with Gasteiger partial charge in [-0.2, -0.15) is 0 Å². The lowest BCUT2D eigenvalue weighted by Gasteiger charge is -2.26. The molecular formula is C13H20N4O2. The average Bonchev–Trinajstić information content (AvgIpc) is 2.48. The molecular weight excluding hydrogens is 244 g/mol. The first-order chi connectivity index (χ1) is 9.31. The van der Waals surface area contributed by atoms with E-state index < -0.39 is 0 Å². The second-order valence-electron chi connectivity index (χ2n) is 4.38. The predicted octanol–water partition coefficient (Wildman–Crippen LogP) is 0.185. The van der Waals surface area contributed by atoms with Gasteiger partial charge in [0.2, 0.25) is 0 Å². The molecule has 1 aliphatic heterocycles. The molecule has 0 spiro atoms. The van der Waals surface area contributed by atoms with Crippen LogP contribution in [0.2, 0.25) is 0 Å². The first-order valence-corrected chi connectivity index (χ1v) is 6.51. The summed E-state index contributed by atoms with van der Waals surface area (Å²) >= 11 is 0. The zero-order chi connectivity index (χ0) is 13.5. The Morgan fingerprint density at radius 1 is 1.47 bits per heavy atom. The molecule has 1 aliphatic rings. The summed E-state index contributed by atoms with van der Waals surface area (Å²) in [5.41, 5.74) is 1.37. The summed E-state index contributed by atoms with van der Waals surface area (Å²) in [5, 5.41) is 5.91. The molecule has 0 bridgehead atoms. The van der Waals surface area contributed by atoms with Gasteiger partial charge in [0, 0.05) is 51.3 Å². The van der Waals surface area contributed by atoms with E-state index in [9.17, 15) is 4.79 Å². The van der Waals surface area contributed by atoms with Crippen molar-refractivity contribution in [3.05, 3.63) is 24.0 Å². The minimum Gasteiger partial charge on any atom is -0.387 e. The van der Waals surface area contributed by atoms with Gasteiger partial charge in [-0.05, 0) is 6.07 Å². The topological polar surface area (TPSA) is 66.5 Å². The highest BCUT2D eigenvalue weighted by Gasteiger charge is 2.12. The normalized spacial score (nSPS) is 16.1. The van der Waals surface area contributed by atoms with Crippen LogP contribution in [0.5, 0.6) is 0 Å². The molecule has 0 atom stereocenters. The molecule has 6 heteroatoms. The molecule has 104 valence electrons. The van der Waals surface area contributed by atoms with Crippen LogP contribution < -0.4 is 10.6 Å². The highest BCUT2D eigenvalue weighted by Crippen LogP contribution is 2.11. The van der Waals surface area contributed by atoms with Gasteiger partial charge in [0.1, 0.15) is 0 Å². The first-order valence-electron chi connectivity index (χ1n) is 6.51. The van der Waals surface area contributed by atoms with Crippen LogP contribution in [0.15, 0.2) is 18.5 Å². The van der Waals surface area contributed by atoms with Crippen LogP contribution in [0.1, 0.15) is 10.4 Å². The second-order valence-corrected chi connectivity index (χ2v) is 4.38. The van der Waals surface area contributed by atoms with Crippen molar-refractivity contribution in [2.45, 2.75) is 0 Å². The molecule has 0 aromatic carbocycles. The number of nitrogens with one attached hydrogen (secondary N) is 2. The summed E-state index contributed by atoms with van der Waals surface area (Å²) in [6.07, 6.45) is 3.24. The monoisotopic (exact) mass is 264 g/mol. The van der Waals surface area contributed by atoms with Gasteiger partial charge in [-0.15, -0.1) is 0 Å². The number of carbonyl (C=O) groups is 1. The van der Waals surface area contributed by atoms with Crippen molar-refractivity contribution in [1.29, 1.82) is 0 Å². The van der Waals surface area contributed by atoms with Crippen LogP contribution in [0, 0.1) is 0 Å². The summed E-state index contributed by atoms with van der Waals surface area (Å²) < 4.78 is 5.28. The standard InChI is InChI=1S/C13H20N4O2/c1-14-12-2-3-15-10-11(12)13(18)16-4-5-17-6-8-19-9-7-17/h2-3,10H,4-9H2,1H3,(H,14,15)(H,16,18). The molecule has 0 unspecified atom stereocenters. The van der Waals surface area contributed by atoms with Crippen molar-refractivity contribution in [3.8, 4) is 0 Å². The first kappa shape index (κ1) is 13.8. The van der Waals surface area contributed by atoms with Crippen molar-refractivity contribution in [2.24, 2.45) is 0 Å². The van der Waals surface area contributed by atoms with Gasteiger partial charge in [-0.3, -0.25) is 14.7 Å². The zero-order valence-corrected chi connectivity index (χ0v) is 11.2. The number of hydrogen-bond acceptors (Lipinski definition) is 5. The number of morpholine rings is 1. The Hall–Kier alpha value is -1.66. The van der Waals surface area contributed by atoms with Crippen LogP contribution in [-0.4, -0.2) is 62.2 Å². The van der Waals surface area contributed by atoms with Gasteiger partial charge in [0.05, 0.1) is 18.8 Å². The number of ether oxygens (including phenoxy) is 1. The summed E-state index contributed by atoms with van der Waals surface area (Å²) in [6, 6.07) is 1.79. The maximum atomic E-state index is 12.0. The Balaban J connectivity index is 1.80. The lowest BCUT2D eigenvalue weighted by atomic mass is 10.2. The minimum absolute atomic E-state index is 0.0919. The smallest absolute Gasteiger partial charge is 0.254 e. The van der Waals surface area contributed by atoms with E-state index in [1.54, 1.807) is 25.5 Å². The van der Waals surface area contributed by atoms with Crippen molar-refractivity contribution < 1.29 is 9.53 Å². The molecule has 2 N–H and O–H groups in total. The van der Waals surface area contributed by atoms with Crippen molar-refractivity contribution in [2.75, 3.05) is 51.8 Å². The zero-order valence-electron chi connectivity index (χ0n) is 11.2. The van der Waals surface area contributed by atoms with Crippen LogP contribution >= 0.6 is 0 Å². The Bertz CT molecular complexity index is 419. The van der Waals surface area contributed by atoms with E-state index in [4.69, 9.17) is 4.74 Å². The SMILES string of the molecule is CNc1ccncc1C(=O)NCCN1CCOCC1. The molecule has 2 rings (SSSR count). The third kappa shape index (κ3) is 3.90. The molecule has 1 fully saturated rings. The van der Waals surface area contributed by atoms with Gasteiger partial charge >= 0.3 is 0 Å². The maximum absolute atomic E-state index is 12.0. The molecule has 0 saturated carbocycles. The van der Waals surface area contributed by atoms with Gasteiger partial charge < -0.3 is 15.4 Å². The molecule has 0 radical (unpaired) electrons. The molecule has 6 nitrogen and oxygen atoms in total. The summed E-state index contributed by atoms with van der Waals surface area (Å²) in [7, 11) is 1.79. The lowest BCUT2D eigenvalue weighted by molar-refractivity contribution is 0.0383. The largest absolute Gasteiger partial charge is 0.387 e. The fraction of sp³-hybridized carbons (Fsp3) is 0.538. The minimum atomic E-state index is -0.0919. The van der Waals surface area contributed by atoms with E-state index in [1.165, 1.54) is 0 Å². The van der Waals surface area contributed by atoms with Crippen molar-refractivity contribution in [3.63, 3.8) is 0 Å². The number of amides is 1. The van der Waals surface area contributed by atoms with Crippen LogP contribution in [0.25, 0.3) is 0 Å².